The third-order valence-corrected chi connectivity index (χ3v) is 3.87. The highest BCUT2D eigenvalue weighted by Gasteiger charge is 2.30. The maximum Gasteiger partial charge on any atom is 0.416 e. The minimum Gasteiger partial charge on any atom is -0.380 e. The Bertz CT molecular complexity index is 910. The van der Waals surface area contributed by atoms with Gasteiger partial charge in [-0.25, -0.2) is 0 Å². The minimum atomic E-state index is -4.41. The topological polar surface area (TPSA) is 54.0 Å². The van der Waals surface area contributed by atoms with E-state index in [2.05, 4.69) is 15.6 Å². The third-order valence-electron chi connectivity index (χ3n) is 3.87. The summed E-state index contributed by atoms with van der Waals surface area (Å²) < 4.78 is 37.9. The van der Waals surface area contributed by atoms with Gasteiger partial charge in [-0.3, -0.25) is 9.78 Å². The molecule has 4 nitrogen and oxygen atoms in total. The van der Waals surface area contributed by atoms with Crippen LogP contribution in [0.25, 0.3) is 0 Å². The average Bonchev–Trinajstić information content (AvgIpc) is 2.67. The van der Waals surface area contributed by atoms with Crippen LogP contribution in [0.3, 0.4) is 0 Å². The van der Waals surface area contributed by atoms with Crippen molar-refractivity contribution in [1.82, 2.24) is 4.98 Å². The molecule has 2 N–H and O–H groups in total. The Labute approximate surface area is 154 Å². The van der Waals surface area contributed by atoms with Crippen LogP contribution in [0.5, 0.6) is 0 Å². The van der Waals surface area contributed by atoms with Crippen molar-refractivity contribution in [2.24, 2.45) is 0 Å². The van der Waals surface area contributed by atoms with Gasteiger partial charge >= 0.3 is 6.18 Å². The molecule has 0 bridgehead atoms. The number of rotatable bonds is 5. The van der Waals surface area contributed by atoms with E-state index in [0.717, 1.165) is 17.7 Å². The van der Waals surface area contributed by atoms with Gasteiger partial charge in [-0.2, -0.15) is 13.2 Å². The van der Waals surface area contributed by atoms with Gasteiger partial charge in [-0.05, 0) is 54.1 Å². The molecule has 1 amide bonds. The number of hydrogen-bond donors (Lipinski definition) is 2. The smallest absolute Gasteiger partial charge is 0.380 e. The van der Waals surface area contributed by atoms with Crippen molar-refractivity contribution in [3.8, 4) is 0 Å². The van der Waals surface area contributed by atoms with Crippen molar-refractivity contribution in [3.05, 3.63) is 89.7 Å². The number of nitrogens with one attached hydrogen (secondary N) is 2. The highest BCUT2D eigenvalue weighted by Crippen LogP contribution is 2.30. The number of para-hydroxylation sites is 1. The summed E-state index contributed by atoms with van der Waals surface area (Å²) in [5.74, 6) is -0.410. The number of hydrogen-bond acceptors (Lipinski definition) is 3. The average molecular weight is 371 g/mol. The van der Waals surface area contributed by atoms with Crippen LogP contribution in [-0.4, -0.2) is 10.9 Å². The van der Waals surface area contributed by atoms with Crippen molar-refractivity contribution < 1.29 is 18.0 Å². The Kier molecular flexibility index (Phi) is 5.40. The Morgan fingerprint density at radius 2 is 1.59 bits per heavy atom. The SMILES string of the molecule is O=C(Nc1ccc(C(F)(F)F)cc1)c1ccccc1NCc1ccncc1. The van der Waals surface area contributed by atoms with Gasteiger partial charge in [0.25, 0.3) is 5.91 Å². The first-order valence-corrected chi connectivity index (χ1v) is 8.14. The number of aromatic nitrogens is 1. The molecule has 0 unspecified atom stereocenters. The summed E-state index contributed by atoms with van der Waals surface area (Å²) in [5.41, 5.74) is 1.55. The van der Waals surface area contributed by atoms with E-state index in [9.17, 15) is 18.0 Å². The van der Waals surface area contributed by atoms with Crippen LogP contribution in [0, 0.1) is 0 Å². The molecule has 0 aliphatic rings. The summed E-state index contributed by atoms with van der Waals surface area (Å²) in [7, 11) is 0. The molecule has 0 aliphatic carbocycles. The van der Waals surface area contributed by atoms with E-state index >= 15 is 0 Å². The summed E-state index contributed by atoms with van der Waals surface area (Å²) in [5, 5.41) is 5.81. The number of alkyl halides is 3. The summed E-state index contributed by atoms with van der Waals surface area (Å²) in [6, 6.07) is 15.0. The highest BCUT2D eigenvalue weighted by molar-refractivity contribution is 6.08. The molecule has 2 aromatic carbocycles. The van der Waals surface area contributed by atoms with Crippen molar-refractivity contribution in [2.75, 3.05) is 10.6 Å². The highest BCUT2D eigenvalue weighted by atomic mass is 19.4. The summed E-state index contributed by atoms with van der Waals surface area (Å²) >= 11 is 0. The fourth-order valence-electron chi connectivity index (χ4n) is 2.47. The Morgan fingerprint density at radius 3 is 2.26 bits per heavy atom. The predicted molar refractivity (Wildman–Crippen MR) is 97.4 cm³/mol. The van der Waals surface area contributed by atoms with Crippen LogP contribution >= 0.6 is 0 Å². The van der Waals surface area contributed by atoms with E-state index < -0.39 is 17.6 Å². The van der Waals surface area contributed by atoms with Gasteiger partial charge in [0.15, 0.2) is 0 Å². The molecule has 0 fully saturated rings. The molecule has 7 heteroatoms. The zero-order valence-corrected chi connectivity index (χ0v) is 14.1. The fraction of sp³-hybridized carbons (Fsp3) is 0.100. The number of pyridine rings is 1. The summed E-state index contributed by atoms with van der Waals surface area (Å²) in [6.45, 7) is 0.507. The van der Waals surface area contributed by atoms with E-state index in [4.69, 9.17) is 0 Å². The second-order valence-electron chi connectivity index (χ2n) is 5.78. The van der Waals surface area contributed by atoms with Crippen LogP contribution < -0.4 is 10.6 Å². The number of anilines is 2. The Balaban J connectivity index is 1.71. The normalized spacial score (nSPS) is 11.1. The van der Waals surface area contributed by atoms with Crippen LogP contribution in [0.1, 0.15) is 21.5 Å². The fourth-order valence-corrected chi connectivity index (χ4v) is 2.47. The Morgan fingerprint density at radius 1 is 0.926 bits per heavy atom. The molecule has 138 valence electrons. The minimum absolute atomic E-state index is 0.289. The zero-order valence-electron chi connectivity index (χ0n) is 14.1. The van der Waals surface area contributed by atoms with Crippen LogP contribution in [-0.2, 0) is 12.7 Å². The van der Waals surface area contributed by atoms with Gasteiger partial charge in [-0.1, -0.05) is 12.1 Å². The van der Waals surface area contributed by atoms with E-state index in [1.54, 1.807) is 36.7 Å². The molecule has 27 heavy (non-hydrogen) atoms. The molecule has 1 aromatic heterocycles. The second kappa shape index (κ2) is 7.90. The largest absolute Gasteiger partial charge is 0.416 e. The molecule has 0 saturated carbocycles. The zero-order chi connectivity index (χ0) is 19.3. The molecule has 0 saturated heterocycles. The first-order chi connectivity index (χ1) is 12.9. The lowest BCUT2D eigenvalue weighted by molar-refractivity contribution is -0.137. The van der Waals surface area contributed by atoms with Crippen molar-refractivity contribution in [1.29, 1.82) is 0 Å². The molecule has 0 atom stereocenters. The Hall–Kier alpha value is -3.35. The molecule has 0 spiro atoms. The van der Waals surface area contributed by atoms with Crippen LogP contribution in [0.4, 0.5) is 24.5 Å². The van der Waals surface area contributed by atoms with Gasteiger partial charge in [0.05, 0.1) is 11.1 Å². The van der Waals surface area contributed by atoms with E-state index in [1.807, 2.05) is 12.1 Å². The van der Waals surface area contributed by atoms with Crippen molar-refractivity contribution >= 4 is 17.3 Å². The van der Waals surface area contributed by atoms with Gasteiger partial charge in [0, 0.05) is 30.3 Å². The maximum absolute atomic E-state index is 12.6. The molecular formula is C20H16F3N3O. The number of carbonyl (C=O) groups excluding carboxylic acids is 1. The van der Waals surface area contributed by atoms with E-state index in [-0.39, 0.29) is 5.69 Å². The third kappa shape index (κ3) is 4.84. The van der Waals surface area contributed by atoms with Crippen molar-refractivity contribution in [3.63, 3.8) is 0 Å². The number of halogens is 3. The molecule has 1 heterocycles. The van der Waals surface area contributed by atoms with Crippen LogP contribution in [0.15, 0.2) is 73.1 Å². The molecule has 0 aliphatic heterocycles. The monoisotopic (exact) mass is 371 g/mol. The number of amides is 1. The van der Waals surface area contributed by atoms with Gasteiger partial charge in [0.2, 0.25) is 0 Å². The van der Waals surface area contributed by atoms with E-state index in [1.165, 1.54) is 12.1 Å². The number of benzene rings is 2. The summed E-state index contributed by atoms with van der Waals surface area (Å²) in [6.07, 6.45) is -1.05. The summed E-state index contributed by atoms with van der Waals surface area (Å²) in [4.78, 5) is 16.5. The lowest BCUT2D eigenvalue weighted by atomic mass is 10.1. The van der Waals surface area contributed by atoms with Crippen molar-refractivity contribution in [2.45, 2.75) is 12.7 Å². The first-order valence-electron chi connectivity index (χ1n) is 8.14. The van der Waals surface area contributed by atoms with Gasteiger partial charge in [0.1, 0.15) is 0 Å². The predicted octanol–water partition coefficient (Wildman–Crippen LogP) is 4.96. The first kappa shape index (κ1) is 18.4. The molecular weight excluding hydrogens is 355 g/mol. The lowest BCUT2D eigenvalue weighted by Crippen LogP contribution is -2.15. The van der Waals surface area contributed by atoms with Crippen LogP contribution in [0.2, 0.25) is 0 Å². The van der Waals surface area contributed by atoms with Gasteiger partial charge in [-0.15, -0.1) is 0 Å². The second-order valence-corrected chi connectivity index (χ2v) is 5.78. The molecule has 0 radical (unpaired) electrons. The number of carbonyl (C=O) groups is 1. The van der Waals surface area contributed by atoms with Gasteiger partial charge < -0.3 is 10.6 Å². The maximum atomic E-state index is 12.6. The lowest BCUT2D eigenvalue weighted by Gasteiger charge is -2.13. The molecule has 3 rings (SSSR count). The van der Waals surface area contributed by atoms with E-state index in [0.29, 0.717) is 17.8 Å². The number of nitrogens with zero attached hydrogens (tertiary/aromatic N) is 1. The molecule has 3 aromatic rings. The standard InChI is InChI=1S/C20H16F3N3O/c21-20(22,23)15-5-7-16(8-6-15)26-19(27)17-3-1-2-4-18(17)25-13-14-9-11-24-12-10-14/h1-12,25H,13H2,(H,26,27). The quantitative estimate of drug-likeness (QED) is 0.666.